The molecule has 1 aromatic carbocycles. The molecule has 2 aliphatic rings. The lowest BCUT2D eigenvalue weighted by atomic mass is 9.75. The Morgan fingerprint density at radius 2 is 1.81 bits per heavy atom. The minimum Gasteiger partial charge on any atom is -0.320 e. The molecule has 3 rings (SSSR count). The molecule has 1 saturated heterocycles. The highest BCUT2D eigenvalue weighted by Crippen LogP contribution is 2.36. The third-order valence-electron chi connectivity index (χ3n) is 5.07. The molecule has 1 heterocycles. The molecule has 0 spiro atoms. The standard InChI is InChI=1S/C19H26N2/c20-12-3-4-16-7-9-17(10-8-16)14-21-13-11-18-5-1-2-6-19(18)15-21/h7-10,18-19H,1-2,5-6,11-15,20H2. The van der Waals surface area contributed by atoms with E-state index in [-0.39, 0.29) is 0 Å². The Hall–Kier alpha value is -1.30. The molecular formula is C19H26N2. The fraction of sp³-hybridized carbons (Fsp3) is 0.579. The van der Waals surface area contributed by atoms with Crippen LogP contribution in [-0.4, -0.2) is 24.5 Å². The normalized spacial score (nSPS) is 25.8. The van der Waals surface area contributed by atoms with E-state index >= 15 is 0 Å². The first kappa shape index (κ1) is 14.6. The predicted octanol–water partition coefficient (Wildman–Crippen LogP) is 3.01. The fourth-order valence-electron chi connectivity index (χ4n) is 3.92. The van der Waals surface area contributed by atoms with Crippen LogP contribution in [0.4, 0.5) is 0 Å². The summed E-state index contributed by atoms with van der Waals surface area (Å²) in [5.74, 6) is 7.97. The first-order chi connectivity index (χ1) is 10.3. The summed E-state index contributed by atoms with van der Waals surface area (Å²) in [6.07, 6.45) is 7.25. The summed E-state index contributed by atoms with van der Waals surface area (Å²) in [5.41, 5.74) is 7.87. The van der Waals surface area contributed by atoms with E-state index in [1.165, 1.54) is 50.8 Å². The summed E-state index contributed by atoms with van der Waals surface area (Å²) in [6.45, 7) is 4.10. The van der Waals surface area contributed by atoms with Gasteiger partial charge in [0.1, 0.15) is 0 Å². The lowest BCUT2D eigenvalue weighted by molar-refractivity contribution is 0.0820. The van der Waals surface area contributed by atoms with Crippen LogP contribution in [0.25, 0.3) is 0 Å². The Morgan fingerprint density at radius 3 is 2.57 bits per heavy atom. The van der Waals surface area contributed by atoms with Crippen LogP contribution in [0.15, 0.2) is 24.3 Å². The Balaban J connectivity index is 1.56. The van der Waals surface area contributed by atoms with E-state index in [0.717, 1.165) is 23.9 Å². The van der Waals surface area contributed by atoms with Gasteiger partial charge in [-0.25, -0.2) is 0 Å². The summed E-state index contributed by atoms with van der Waals surface area (Å²) >= 11 is 0. The van der Waals surface area contributed by atoms with Crippen molar-refractivity contribution >= 4 is 0 Å². The van der Waals surface area contributed by atoms with E-state index in [1.807, 2.05) is 0 Å². The fourth-order valence-corrected chi connectivity index (χ4v) is 3.92. The zero-order chi connectivity index (χ0) is 14.5. The molecular weight excluding hydrogens is 256 g/mol. The zero-order valence-electron chi connectivity index (χ0n) is 12.9. The quantitative estimate of drug-likeness (QED) is 0.845. The summed E-state index contributed by atoms with van der Waals surface area (Å²) in [5, 5.41) is 0. The van der Waals surface area contributed by atoms with Gasteiger partial charge >= 0.3 is 0 Å². The van der Waals surface area contributed by atoms with Crippen molar-refractivity contribution in [1.29, 1.82) is 0 Å². The highest BCUT2D eigenvalue weighted by Gasteiger charge is 2.30. The second-order valence-corrected chi connectivity index (χ2v) is 6.53. The average molecular weight is 282 g/mol. The van der Waals surface area contributed by atoms with E-state index in [0.29, 0.717) is 6.54 Å². The SMILES string of the molecule is NCC#Cc1ccc(CN2CCC3CCCCC3C2)cc1. The Labute approximate surface area is 128 Å². The molecule has 2 N–H and O–H groups in total. The van der Waals surface area contributed by atoms with Crippen molar-refractivity contribution in [2.45, 2.75) is 38.6 Å². The number of piperidine rings is 1. The van der Waals surface area contributed by atoms with Crippen LogP contribution in [0.2, 0.25) is 0 Å². The molecule has 1 saturated carbocycles. The predicted molar refractivity (Wildman–Crippen MR) is 87.7 cm³/mol. The largest absolute Gasteiger partial charge is 0.320 e. The van der Waals surface area contributed by atoms with Crippen molar-refractivity contribution in [3.63, 3.8) is 0 Å². The van der Waals surface area contributed by atoms with Crippen molar-refractivity contribution in [1.82, 2.24) is 4.90 Å². The number of hydrogen-bond acceptors (Lipinski definition) is 2. The van der Waals surface area contributed by atoms with E-state index in [4.69, 9.17) is 5.73 Å². The molecule has 1 aliphatic carbocycles. The van der Waals surface area contributed by atoms with Gasteiger partial charge in [-0.15, -0.1) is 0 Å². The molecule has 2 unspecified atom stereocenters. The summed E-state index contributed by atoms with van der Waals surface area (Å²) in [7, 11) is 0. The van der Waals surface area contributed by atoms with Crippen LogP contribution in [-0.2, 0) is 6.54 Å². The number of likely N-dealkylation sites (tertiary alicyclic amines) is 1. The summed E-state index contributed by atoms with van der Waals surface area (Å²) in [6, 6.07) is 8.66. The van der Waals surface area contributed by atoms with Gasteiger partial charge in [-0.1, -0.05) is 43.2 Å². The molecule has 1 aromatic rings. The Kier molecular flexibility index (Phi) is 4.95. The molecule has 1 aliphatic heterocycles. The smallest absolute Gasteiger partial charge is 0.0555 e. The van der Waals surface area contributed by atoms with Crippen LogP contribution in [0.1, 0.15) is 43.2 Å². The molecule has 0 amide bonds. The topological polar surface area (TPSA) is 29.3 Å². The second kappa shape index (κ2) is 7.11. The van der Waals surface area contributed by atoms with Crippen LogP contribution >= 0.6 is 0 Å². The van der Waals surface area contributed by atoms with Crippen LogP contribution in [0, 0.1) is 23.7 Å². The van der Waals surface area contributed by atoms with Gasteiger partial charge in [-0.3, -0.25) is 4.90 Å². The van der Waals surface area contributed by atoms with Crippen LogP contribution < -0.4 is 5.73 Å². The molecule has 2 atom stereocenters. The maximum atomic E-state index is 5.40. The van der Waals surface area contributed by atoms with E-state index in [9.17, 15) is 0 Å². The maximum Gasteiger partial charge on any atom is 0.0555 e. The van der Waals surface area contributed by atoms with Gasteiger partial charge < -0.3 is 5.73 Å². The highest BCUT2D eigenvalue weighted by molar-refractivity contribution is 5.36. The highest BCUT2D eigenvalue weighted by atomic mass is 15.1. The van der Waals surface area contributed by atoms with Gasteiger partial charge in [0.05, 0.1) is 6.54 Å². The molecule has 2 heteroatoms. The summed E-state index contributed by atoms with van der Waals surface area (Å²) in [4.78, 5) is 2.65. The minimum atomic E-state index is 0.429. The lowest BCUT2D eigenvalue weighted by Crippen LogP contribution is -2.41. The monoisotopic (exact) mass is 282 g/mol. The van der Waals surface area contributed by atoms with Crippen molar-refractivity contribution in [3.05, 3.63) is 35.4 Å². The Bertz CT molecular complexity index is 509. The van der Waals surface area contributed by atoms with Gasteiger partial charge in [0.15, 0.2) is 0 Å². The number of hydrogen-bond donors (Lipinski definition) is 1. The molecule has 21 heavy (non-hydrogen) atoms. The molecule has 0 radical (unpaired) electrons. The number of fused-ring (bicyclic) bond motifs is 1. The zero-order valence-corrected chi connectivity index (χ0v) is 12.9. The lowest BCUT2D eigenvalue weighted by Gasteiger charge is -2.41. The van der Waals surface area contributed by atoms with Crippen LogP contribution in [0.5, 0.6) is 0 Å². The van der Waals surface area contributed by atoms with Crippen molar-refractivity contribution < 1.29 is 0 Å². The molecule has 0 bridgehead atoms. The third kappa shape index (κ3) is 3.87. The minimum absolute atomic E-state index is 0.429. The van der Waals surface area contributed by atoms with Gasteiger partial charge in [0.25, 0.3) is 0 Å². The molecule has 2 nitrogen and oxygen atoms in total. The van der Waals surface area contributed by atoms with E-state index < -0.39 is 0 Å². The van der Waals surface area contributed by atoms with Gasteiger partial charge in [0.2, 0.25) is 0 Å². The van der Waals surface area contributed by atoms with Gasteiger partial charge in [-0.05, 0) is 48.9 Å². The van der Waals surface area contributed by atoms with E-state index in [1.54, 1.807) is 0 Å². The molecule has 112 valence electrons. The first-order valence-corrected chi connectivity index (χ1v) is 8.35. The summed E-state index contributed by atoms with van der Waals surface area (Å²) < 4.78 is 0. The van der Waals surface area contributed by atoms with Crippen molar-refractivity contribution in [3.8, 4) is 11.8 Å². The van der Waals surface area contributed by atoms with Gasteiger partial charge in [0, 0.05) is 18.7 Å². The molecule has 2 fully saturated rings. The van der Waals surface area contributed by atoms with Crippen molar-refractivity contribution in [2.75, 3.05) is 19.6 Å². The number of benzene rings is 1. The second-order valence-electron chi connectivity index (χ2n) is 6.53. The van der Waals surface area contributed by atoms with E-state index in [2.05, 4.69) is 41.0 Å². The number of nitrogens with two attached hydrogens (primary N) is 1. The van der Waals surface area contributed by atoms with Crippen molar-refractivity contribution in [2.24, 2.45) is 17.6 Å². The van der Waals surface area contributed by atoms with Gasteiger partial charge in [-0.2, -0.15) is 0 Å². The first-order valence-electron chi connectivity index (χ1n) is 8.35. The number of nitrogens with zero attached hydrogens (tertiary/aromatic N) is 1. The maximum absolute atomic E-state index is 5.40. The molecule has 0 aromatic heterocycles. The number of rotatable bonds is 2. The average Bonchev–Trinajstić information content (AvgIpc) is 2.54. The third-order valence-corrected chi connectivity index (χ3v) is 5.07. The van der Waals surface area contributed by atoms with Crippen LogP contribution in [0.3, 0.4) is 0 Å². The Morgan fingerprint density at radius 1 is 1.05 bits per heavy atom.